The van der Waals surface area contributed by atoms with Gasteiger partial charge in [0.15, 0.2) is 11.6 Å². The molecule has 3 aromatic heterocycles. The van der Waals surface area contributed by atoms with Crippen molar-refractivity contribution in [3.05, 3.63) is 89.3 Å². The van der Waals surface area contributed by atoms with Crippen LogP contribution in [0.25, 0.3) is 22.6 Å². The number of hydrogen-bond donors (Lipinski definition) is 2. The van der Waals surface area contributed by atoms with Crippen LogP contribution < -0.4 is 10.3 Å². The molecule has 0 spiro atoms. The first kappa shape index (κ1) is 30.7. The van der Waals surface area contributed by atoms with E-state index in [9.17, 15) is 14.4 Å². The number of morpholine rings is 1. The van der Waals surface area contributed by atoms with Gasteiger partial charge in [-0.2, -0.15) is 10.2 Å². The van der Waals surface area contributed by atoms with Crippen molar-refractivity contribution in [3.63, 3.8) is 0 Å². The summed E-state index contributed by atoms with van der Waals surface area (Å²) < 4.78 is 14.3. The molecule has 224 valence electrons. The van der Waals surface area contributed by atoms with Gasteiger partial charge in [0.05, 0.1) is 44.0 Å². The maximum Gasteiger partial charge on any atom is 0.328 e. The number of ether oxygens (including phenoxy) is 2. The lowest BCUT2D eigenvalue weighted by molar-refractivity contribution is -0.134. The summed E-state index contributed by atoms with van der Waals surface area (Å²) in [6.45, 7) is 5.19. The smallest absolute Gasteiger partial charge is 0.328 e. The standard InChI is InChI=1S/C25H27N7O3.C4H4O4/c1-30-18-21(14-28-30)23-5-6-24(33)32(29-23)17-19-3-2-4-20(13-19)25-26-15-22(16-27-25)35-12-9-31-7-10-34-11-8-31;5-3(6)1-2-4(7)8/h2-6,13-16,18H,7-12,17H2,1H3;1-2H,(H,5,6)(H,7,8)/b;2-1-. The lowest BCUT2D eigenvalue weighted by Crippen LogP contribution is -2.38. The largest absolute Gasteiger partial charge is 0.489 e. The summed E-state index contributed by atoms with van der Waals surface area (Å²) in [7, 11) is 1.84. The molecular weight excluding hydrogens is 558 g/mol. The van der Waals surface area contributed by atoms with Crippen molar-refractivity contribution in [2.75, 3.05) is 39.5 Å². The van der Waals surface area contributed by atoms with Crippen molar-refractivity contribution in [1.82, 2.24) is 34.4 Å². The number of aryl methyl sites for hydroxylation is 1. The van der Waals surface area contributed by atoms with Crippen LogP contribution in [0.1, 0.15) is 5.56 Å². The van der Waals surface area contributed by atoms with Crippen LogP contribution >= 0.6 is 0 Å². The Morgan fingerprint density at radius 2 is 1.72 bits per heavy atom. The average molecular weight is 590 g/mol. The minimum Gasteiger partial charge on any atom is -0.489 e. The molecule has 4 heterocycles. The van der Waals surface area contributed by atoms with E-state index in [0.29, 0.717) is 42.6 Å². The Hall–Kier alpha value is -5.21. The molecule has 2 N–H and O–H groups in total. The molecule has 5 rings (SSSR count). The van der Waals surface area contributed by atoms with Crippen molar-refractivity contribution in [2.45, 2.75) is 6.54 Å². The van der Waals surface area contributed by atoms with E-state index in [0.717, 1.165) is 49.5 Å². The third kappa shape index (κ3) is 9.69. The maximum absolute atomic E-state index is 12.4. The first-order valence-corrected chi connectivity index (χ1v) is 13.3. The Kier molecular flexibility index (Phi) is 10.8. The summed E-state index contributed by atoms with van der Waals surface area (Å²) in [4.78, 5) is 42.8. The minimum absolute atomic E-state index is 0.169. The molecular formula is C29H31N7O7. The number of aromatic nitrogens is 6. The van der Waals surface area contributed by atoms with Crippen LogP contribution in [0.2, 0.25) is 0 Å². The van der Waals surface area contributed by atoms with Crippen LogP contribution in [0.15, 0.2) is 78.1 Å². The van der Waals surface area contributed by atoms with Crippen molar-refractivity contribution in [1.29, 1.82) is 0 Å². The zero-order chi connectivity index (χ0) is 30.6. The van der Waals surface area contributed by atoms with Crippen LogP contribution in [0.5, 0.6) is 5.75 Å². The third-order valence-electron chi connectivity index (χ3n) is 6.16. The first-order chi connectivity index (χ1) is 20.8. The zero-order valence-corrected chi connectivity index (χ0v) is 23.4. The number of carboxylic acids is 2. The van der Waals surface area contributed by atoms with Gasteiger partial charge in [0.2, 0.25) is 0 Å². The first-order valence-electron chi connectivity index (χ1n) is 13.3. The van der Waals surface area contributed by atoms with Crippen LogP contribution in [0.3, 0.4) is 0 Å². The quantitative estimate of drug-likeness (QED) is 0.256. The highest BCUT2D eigenvalue weighted by molar-refractivity contribution is 5.89. The molecule has 1 saturated heterocycles. The molecule has 1 fully saturated rings. The number of carboxylic acid groups (broad SMARTS) is 2. The Morgan fingerprint density at radius 3 is 2.37 bits per heavy atom. The van der Waals surface area contributed by atoms with Gasteiger partial charge in [0.25, 0.3) is 5.56 Å². The summed E-state index contributed by atoms with van der Waals surface area (Å²) >= 11 is 0. The fraction of sp³-hybridized carbons (Fsp3) is 0.276. The Balaban J connectivity index is 0.000000467. The highest BCUT2D eigenvalue weighted by Crippen LogP contribution is 2.19. The second-order valence-corrected chi connectivity index (χ2v) is 9.37. The molecule has 4 aromatic rings. The third-order valence-corrected chi connectivity index (χ3v) is 6.16. The van der Waals surface area contributed by atoms with Gasteiger partial charge in [-0.3, -0.25) is 14.4 Å². The molecule has 0 bridgehead atoms. The molecule has 0 aliphatic carbocycles. The van der Waals surface area contributed by atoms with Crippen molar-refractivity contribution in [2.24, 2.45) is 7.05 Å². The number of hydrogen-bond acceptors (Lipinski definition) is 10. The van der Waals surface area contributed by atoms with Crippen molar-refractivity contribution < 1.29 is 29.3 Å². The SMILES string of the molecule is Cn1cc(-c2ccc(=O)n(Cc3cccc(-c4ncc(OCCN5CCOCC5)cn4)c3)n2)cn1.O=C(O)/C=C\C(=O)O. The average Bonchev–Trinajstić information content (AvgIpc) is 3.45. The number of aliphatic carboxylic acids is 2. The molecule has 0 radical (unpaired) electrons. The predicted molar refractivity (Wildman–Crippen MR) is 154 cm³/mol. The van der Waals surface area contributed by atoms with E-state index in [1.807, 2.05) is 37.5 Å². The summed E-state index contributed by atoms with van der Waals surface area (Å²) in [5, 5.41) is 24.3. The Morgan fingerprint density at radius 1 is 1.00 bits per heavy atom. The lowest BCUT2D eigenvalue weighted by atomic mass is 10.1. The topological polar surface area (TPSA) is 175 Å². The van der Waals surface area contributed by atoms with Gasteiger partial charge in [-0.1, -0.05) is 18.2 Å². The van der Waals surface area contributed by atoms with Gasteiger partial charge in [0.1, 0.15) is 6.61 Å². The Labute approximate surface area is 246 Å². The Bertz CT molecular complexity index is 1590. The normalized spacial score (nSPS) is 13.3. The lowest BCUT2D eigenvalue weighted by Gasteiger charge is -2.26. The highest BCUT2D eigenvalue weighted by atomic mass is 16.5. The summed E-state index contributed by atoms with van der Waals surface area (Å²) in [5.41, 5.74) is 3.17. The molecule has 1 aliphatic heterocycles. The highest BCUT2D eigenvalue weighted by Gasteiger charge is 2.11. The van der Waals surface area contributed by atoms with Crippen LogP contribution in [0, 0.1) is 0 Å². The van der Waals surface area contributed by atoms with Gasteiger partial charge in [-0.25, -0.2) is 24.2 Å². The molecule has 14 heteroatoms. The minimum atomic E-state index is -1.26. The molecule has 0 unspecified atom stereocenters. The molecule has 1 aromatic carbocycles. The van der Waals surface area contributed by atoms with E-state index in [2.05, 4.69) is 25.1 Å². The zero-order valence-electron chi connectivity index (χ0n) is 23.4. The van der Waals surface area contributed by atoms with E-state index >= 15 is 0 Å². The van der Waals surface area contributed by atoms with Gasteiger partial charge in [-0.05, 0) is 17.7 Å². The molecule has 0 saturated carbocycles. The van der Waals surface area contributed by atoms with Crippen LogP contribution in [0.4, 0.5) is 0 Å². The fourth-order valence-electron chi connectivity index (χ4n) is 4.05. The van der Waals surface area contributed by atoms with E-state index in [1.165, 1.54) is 10.7 Å². The van der Waals surface area contributed by atoms with Gasteiger partial charge >= 0.3 is 11.9 Å². The fourth-order valence-corrected chi connectivity index (χ4v) is 4.05. The van der Waals surface area contributed by atoms with E-state index in [1.54, 1.807) is 29.3 Å². The van der Waals surface area contributed by atoms with Crippen molar-refractivity contribution >= 4 is 11.9 Å². The molecule has 14 nitrogen and oxygen atoms in total. The molecule has 0 amide bonds. The van der Waals surface area contributed by atoms with Crippen molar-refractivity contribution in [3.8, 4) is 28.4 Å². The predicted octanol–water partition coefficient (Wildman–Crippen LogP) is 1.57. The number of benzene rings is 1. The van der Waals surface area contributed by atoms with Gasteiger partial charge < -0.3 is 19.7 Å². The maximum atomic E-state index is 12.4. The number of nitrogens with zero attached hydrogens (tertiary/aromatic N) is 7. The second kappa shape index (κ2) is 15.1. The van der Waals surface area contributed by atoms with E-state index in [4.69, 9.17) is 19.7 Å². The summed E-state index contributed by atoms with van der Waals surface area (Å²) in [6.07, 6.45) is 8.09. The van der Waals surface area contributed by atoms with Crippen LogP contribution in [-0.4, -0.2) is 96.0 Å². The molecule has 43 heavy (non-hydrogen) atoms. The van der Waals surface area contributed by atoms with E-state index < -0.39 is 11.9 Å². The molecule has 0 atom stereocenters. The van der Waals surface area contributed by atoms with Gasteiger partial charge in [0, 0.05) is 62.2 Å². The second-order valence-electron chi connectivity index (χ2n) is 9.37. The summed E-state index contributed by atoms with van der Waals surface area (Å²) in [5.74, 6) is -1.28. The molecule has 1 aliphatic rings. The van der Waals surface area contributed by atoms with E-state index in [-0.39, 0.29) is 5.56 Å². The monoisotopic (exact) mass is 589 g/mol. The number of carbonyl (C=O) groups is 2. The number of rotatable bonds is 10. The van der Waals surface area contributed by atoms with Crippen LogP contribution in [-0.2, 0) is 27.9 Å². The van der Waals surface area contributed by atoms with Gasteiger partial charge in [-0.15, -0.1) is 0 Å². The summed E-state index contributed by atoms with van der Waals surface area (Å²) in [6, 6.07) is 11.0.